The molecular formula is C18H16F2N8O2. The third-order valence-electron chi connectivity index (χ3n) is 4.12. The quantitative estimate of drug-likeness (QED) is 0.514. The van der Waals surface area contributed by atoms with Gasteiger partial charge in [0.15, 0.2) is 0 Å². The number of amides is 1. The van der Waals surface area contributed by atoms with Crippen LogP contribution in [0.5, 0.6) is 6.01 Å². The first-order chi connectivity index (χ1) is 14.3. The van der Waals surface area contributed by atoms with E-state index >= 15 is 0 Å². The molecule has 154 valence electrons. The maximum absolute atomic E-state index is 13.1. The molecule has 0 aliphatic rings. The van der Waals surface area contributed by atoms with Crippen LogP contribution in [0.4, 0.5) is 14.6 Å². The lowest BCUT2D eigenvalue weighted by molar-refractivity contribution is -0.137. The summed E-state index contributed by atoms with van der Waals surface area (Å²) < 4.78 is 35.1. The molecule has 12 heteroatoms. The Balaban J connectivity index is 1.60. The molecule has 3 heterocycles. The van der Waals surface area contributed by atoms with Gasteiger partial charge in [-0.15, -0.1) is 0 Å². The van der Waals surface area contributed by atoms with E-state index in [4.69, 9.17) is 4.74 Å². The minimum Gasteiger partial charge on any atom is -0.458 e. The minimum atomic E-state index is -3.51. The molecule has 0 aliphatic heterocycles. The topological polar surface area (TPSA) is 113 Å². The fraction of sp³-hybridized carbons (Fsp3) is 0.222. The number of benzene rings is 1. The molecule has 30 heavy (non-hydrogen) atoms. The number of alkyl halides is 2. The molecule has 0 unspecified atom stereocenters. The van der Waals surface area contributed by atoms with Gasteiger partial charge in [0.05, 0.1) is 16.7 Å². The van der Waals surface area contributed by atoms with Crippen LogP contribution < -0.4 is 10.1 Å². The zero-order valence-corrected chi connectivity index (χ0v) is 16.0. The summed E-state index contributed by atoms with van der Waals surface area (Å²) >= 11 is 0. The van der Waals surface area contributed by atoms with Crippen LogP contribution in [0.3, 0.4) is 0 Å². The van der Waals surface area contributed by atoms with Crippen molar-refractivity contribution in [3.8, 4) is 12.0 Å². The van der Waals surface area contributed by atoms with Crippen LogP contribution >= 0.6 is 0 Å². The molecular weight excluding hydrogens is 398 g/mol. The molecule has 1 N–H and O–H groups in total. The Labute approximate surface area is 168 Å². The first-order valence-electron chi connectivity index (χ1n) is 8.81. The number of fused-ring (bicyclic) bond motifs is 1. The molecule has 4 rings (SSSR count). The van der Waals surface area contributed by atoms with Gasteiger partial charge in [-0.2, -0.15) is 13.8 Å². The molecule has 0 bridgehead atoms. The van der Waals surface area contributed by atoms with E-state index in [1.807, 2.05) is 24.3 Å². The number of carbonyl (C=O) groups is 1. The van der Waals surface area contributed by atoms with Gasteiger partial charge in [-0.25, -0.2) is 14.2 Å². The average molecular weight is 414 g/mol. The van der Waals surface area contributed by atoms with E-state index in [0.717, 1.165) is 5.52 Å². The van der Waals surface area contributed by atoms with Crippen LogP contribution in [0, 0.1) is 0 Å². The van der Waals surface area contributed by atoms with Crippen molar-refractivity contribution in [1.29, 1.82) is 0 Å². The van der Waals surface area contributed by atoms with Gasteiger partial charge in [-0.05, 0) is 34.7 Å². The predicted octanol–water partition coefficient (Wildman–Crippen LogP) is 2.12. The second-order valence-electron chi connectivity index (χ2n) is 6.47. The number of aryl methyl sites for hydroxylation is 1. The molecule has 0 atom stereocenters. The average Bonchev–Trinajstić information content (AvgIpc) is 3.28. The zero-order chi connectivity index (χ0) is 21.3. The summed E-state index contributed by atoms with van der Waals surface area (Å²) in [5.41, 5.74) is 1.82. The van der Waals surface area contributed by atoms with E-state index in [2.05, 4.69) is 30.8 Å². The van der Waals surface area contributed by atoms with Crippen molar-refractivity contribution in [2.45, 2.75) is 19.5 Å². The highest BCUT2D eigenvalue weighted by Crippen LogP contribution is 2.25. The monoisotopic (exact) mass is 414 g/mol. The zero-order valence-electron chi connectivity index (χ0n) is 16.0. The lowest BCUT2D eigenvalue weighted by Crippen LogP contribution is -2.31. The molecule has 0 aliphatic carbocycles. The molecule has 10 nitrogen and oxygen atoms in total. The number of para-hydroxylation sites is 2. The lowest BCUT2D eigenvalue weighted by Gasteiger charge is -2.11. The molecule has 1 amide bonds. The Morgan fingerprint density at radius 1 is 1.17 bits per heavy atom. The number of tetrazole rings is 1. The van der Waals surface area contributed by atoms with E-state index in [-0.39, 0.29) is 18.4 Å². The van der Waals surface area contributed by atoms with Gasteiger partial charge in [-0.3, -0.25) is 4.79 Å². The number of carbonyl (C=O) groups excluding carboxylic acids is 1. The number of nitrogens with one attached hydrogen (secondary N) is 1. The van der Waals surface area contributed by atoms with E-state index in [1.54, 1.807) is 23.7 Å². The van der Waals surface area contributed by atoms with Crippen molar-refractivity contribution in [2.24, 2.45) is 7.05 Å². The van der Waals surface area contributed by atoms with Crippen LogP contribution in [0.15, 0.2) is 42.5 Å². The molecule has 0 saturated heterocycles. The maximum Gasteiger partial charge on any atom is 0.322 e. The highest BCUT2D eigenvalue weighted by molar-refractivity contribution is 5.94. The first-order valence-corrected chi connectivity index (χ1v) is 8.81. The van der Waals surface area contributed by atoms with Gasteiger partial charge < -0.3 is 10.1 Å². The lowest BCUT2D eigenvalue weighted by atomic mass is 10.3. The first kappa shape index (κ1) is 19.4. The second kappa shape index (κ2) is 7.46. The highest BCUT2D eigenvalue weighted by Gasteiger charge is 2.32. The van der Waals surface area contributed by atoms with Crippen LogP contribution in [0.25, 0.3) is 17.0 Å². The van der Waals surface area contributed by atoms with Crippen molar-refractivity contribution < 1.29 is 18.3 Å². The SMILES string of the molecule is Cn1nnnc1-n1c(OCc2cccc(NC(=O)C(C)(F)F)n2)nc2ccccc21. The van der Waals surface area contributed by atoms with Crippen molar-refractivity contribution in [2.75, 3.05) is 5.32 Å². The van der Waals surface area contributed by atoms with E-state index in [0.29, 0.717) is 24.1 Å². The normalized spacial score (nSPS) is 11.6. The molecule has 3 aromatic heterocycles. The number of anilines is 1. The van der Waals surface area contributed by atoms with Crippen molar-refractivity contribution in [1.82, 2.24) is 34.7 Å². The number of imidazole rings is 1. The third kappa shape index (κ3) is 3.79. The van der Waals surface area contributed by atoms with Crippen LogP contribution in [-0.4, -0.2) is 46.6 Å². The van der Waals surface area contributed by atoms with E-state index in [1.165, 1.54) is 10.7 Å². The number of ether oxygens (including phenoxy) is 1. The van der Waals surface area contributed by atoms with Gasteiger partial charge in [-0.1, -0.05) is 23.3 Å². The Bertz CT molecular complexity index is 1210. The Kier molecular flexibility index (Phi) is 4.82. The second-order valence-corrected chi connectivity index (χ2v) is 6.47. The largest absolute Gasteiger partial charge is 0.458 e. The third-order valence-corrected chi connectivity index (χ3v) is 4.12. The molecule has 0 radical (unpaired) electrons. The summed E-state index contributed by atoms with van der Waals surface area (Å²) in [5.74, 6) is -4.56. The maximum atomic E-state index is 13.1. The number of pyridine rings is 1. The number of aromatic nitrogens is 7. The molecule has 1 aromatic carbocycles. The summed E-state index contributed by atoms with van der Waals surface area (Å²) in [7, 11) is 1.69. The Hall–Kier alpha value is -3.96. The fourth-order valence-corrected chi connectivity index (χ4v) is 2.70. The van der Waals surface area contributed by atoms with Crippen LogP contribution in [0.2, 0.25) is 0 Å². The number of rotatable bonds is 6. The molecule has 0 fully saturated rings. The summed E-state index contributed by atoms with van der Waals surface area (Å²) in [4.78, 5) is 20.1. The number of hydrogen-bond donors (Lipinski definition) is 1. The summed E-state index contributed by atoms with van der Waals surface area (Å²) in [6.45, 7) is 0.488. The minimum absolute atomic E-state index is 0.00590. The van der Waals surface area contributed by atoms with Crippen molar-refractivity contribution >= 4 is 22.8 Å². The Morgan fingerprint density at radius 3 is 2.70 bits per heavy atom. The molecule has 0 spiro atoms. The smallest absolute Gasteiger partial charge is 0.322 e. The molecule has 0 saturated carbocycles. The van der Waals surface area contributed by atoms with E-state index < -0.39 is 11.8 Å². The van der Waals surface area contributed by atoms with Crippen molar-refractivity contribution in [3.05, 3.63) is 48.2 Å². The Morgan fingerprint density at radius 2 is 1.97 bits per heavy atom. The van der Waals surface area contributed by atoms with Gasteiger partial charge in [0.25, 0.3) is 11.9 Å². The molecule has 4 aromatic rings. The van der Waals surface area contributed by atoms with Crippen LogP contribution in [-0.2, 0) is 18.4 Å². The van der Waals surface area contributed by atoms with Gasteiger partial charge >= 0.3 is 11.9 Å². The summed E-state index contributed by atoms with van der Waals surface area (Å²) in [6.07, 6.45) is 0. The summed E-state index contributed by atoms with van der Waals surface area (Å²) in [5, 5.41) is 13.6. The standard InChI is InChI=1S/C18H16F2N8O2/c1-18(19,20)15(29)23-14-9-5-6-11(21-14)10-30-17-22-12-7-3-4-8-13(12)28(17)16-24-25-26-27(16)2/h3-9H,10H2,1-2H3,(H,21,23,29). The summed E-state index contributed by atoms with van der Waals surface area (Å²) in [6, 6.07) is 12.2. The van der Waals surface area contributed by atoms with Crippen LogP contribution in [0.1, 0.15) is 12.6 Å². The van der Waals surface area contributed by atoms with Gasteiger partial charge in [0, 0.05) is 14.0 Å². The van der Waals surface area contributed by atoms with Gasteiger partial charge in [0.2, 0.25) is 0 Å². The number of halogens is 2. The number of nitrogens with zero attached hydrogens (tertiary/aromatic N) is 7. The van der Waals surface area contributed by atoms with Crippen molar-refractivity contribution in [3.63, 3.8) is 0 Å². The highest BCUT2D eigenvalue weighted by atomic mass is 19.3. The van der Waals surface area contributed by atoms with Gasteiger partial charge in [0.1, 0.15) is 12.4 Å². The fourth-order valence-electron chi connectivity index (χ4n) is 2.70. The predicted molar refractivity (Wildman–Crippen MR) is 101 cm³/mol. The number of hydrogen-bond acceptors (Lipinski definition) is 7. The van der Waals surface area contributed by atoms with E-state index in [9.17, 15) is 13.6 Å².